The molecule has 2 amide bonds. The van der Waals surface area contributed by atoms with Gasteiger partial charge in [-0.2, -0.15) is 11.8 Å². The zero-order valence-corrected chi connectivity index (χ0v) is 19.0. The van der Waals surface area contributed by atoms with Gasteiger partial charge < -0.3 is 20.1 Å². The number of nitrogens with one attached hydrogen (secondary N) is 3. The van der Waals surface area contributed by atoms with Gasteiger partial charge in [0.15, 0.2) is 0 Å². The Balaban J connectivity index is 1.72. The third kappa shape index (κ3) is 3.80. The summed E-state index contributed by atoms with van der Waals surface area (Å²) in [5.74, 6) is 0.0229. The van der Waals surface area contributed by atoms with E-state index < -0.39 is 17.3 Å². The number of methoxy groups -OCH3 is 2. The molecule has 3 atom stereocenters. The van der Waals surface area contributed by atoms with E-state index in [1.165, 1.54) is 32.4 Å². The fourth-order valence-electron chi connectivity index (χ4n) is 4.61. The molecule has 9 heteroatoms. The van der Waals surface area contributed by atoms with Crippen molar-refractivity contribution in [1.82, 2.24) is 5.32 Å². The third-order valence-corrected chi connectivity index (χ3v) is 6.78. The van der Waals surface area contributed by atoms with Crippen LogP contribution in [0.2, 0.25) is 0 Å². The largest absolute Gasteiger partial charge is 0.497 e. The van der Waals surface area contributed by atoms with Gasteiger partial charge in [0.05, 0.1) is 25.8 Å². The number of amides is 2. The maximum absolute atomic E-state index is 14.2. The highest BCUT2D eigenvalue weighted by molar-refractivity contribution is 7.98. The Morgan fingerprint density at radius 2 is 2.06 bits per heavy atom. The summed E-state index contributed by atoms with van der Waals surface area (Å²) in [6, 6.07) is 9.21. The van der Waals surface area contributed by atoms with Crippen molar-refractivity contribution in [3.05, 3.63) is 47.8 Å². The first-order chi connectivity index (χ1) is 15.4. The van der Waals surface area contributed by atoms with Crippen LogP contribution in [0.5, 0.6) is 11.5 Å². The van der Waals surface area contributed by atoms with Gasteiger partial charge in [0, 0.05) is 23.4 Å². The normalized spacial score (nSPS) is 23.7. The van der Waals surface area contributed by atoms with E-state index in [0.717, 1.165) is 12.2 Å². The number of carbonyl (C=O) groups excluding carboxylic acids is 2. The van der Waals surface area contributed by atoms with Gasteiger partial charge in [-0.3, -0.25) is 14.9 Å². The molecule has 1 fully saturated rings. The van der Waals surface area contributed by atoms with Gasteiger partial charge in [0.1, 0.15) is 22.9 Å². The Morgan fingerprint density at radius 1 is 1.25 bits per heavy atom. The van der Waals surface area contributed by atoms with Crippen LogP contribution in [0.1, 0.15) is 18.4 Å². The molecule has 7 nitrogen and oxygen atoms in total. The minimum absolute atomic E-state index is 0.0645. The molecular weight excluding hydrogens is 433 g/mol. The fourth-order valence-corrected chi connectivity index (χ4v) is 5.13. The summed E-state index contributed by atoms with van der Waals surface area (Å²) < 4.78 is 24.8. The van der Waals surface area contributed by atoms with E-state index in [-0.39, 0.29) is 17.9 Å². The number of rotatable bonds is 7. The van der Waals surface area contributed by atoms with E-state index >= 15 is 0 Å². The zero-order chi connectivity index (χ0) is 22.9. The molecule has 2 aliphatic rings. The number of fused-ring (bicyclic) bond motifs is 2. The quantitative estimate of drug-likeness (QED) is 0.589. The van der Waals surface area contributed by atoms with Crippen LogP contribution in [-0.2, 0) is 15.1 Å². The molecule has 4 rings (SSSR count). The maximum Gasteiger partial charge on any atom is 0.250 e. The van der Waals surface area contributed by atoms with Crippen LogP contribution in [0, 0.1) is 11.7 Å². The SMILES string of the molecule is COc1ccc(OC)c(NC(=O)[C@H]2C[C@@H](CCSC)N[C@]23C(=O)Nc2ccc(F)cc23)c1. The number of thioether (sulfide) groups is 1. The van der Waals surface area contributed by atoms with Crippen LogP contribution >= 0.6 is 11.8 Å². The van der Waals surface area contributed by atoms with Crippen LogP contribution in [0.25, 0.3) is 0 Å². The van der Waals surface area contributed by atoms with Crippen LogP contribution < -0.4 is 25.4 Å². The second kappa shape index (κ2) is 8.99. The Morgan fingerprint density at radius 3 is 2.78 bits per heavy atom. The number of carbonyl (C=O) groups is 2. The Labute approximate surface area is 190 Å². The van der Waals surface area contributed by atoms with Gasteiger partial charge in [0.2, 0.25) is 11.8 Å². The second-order valence-corrected chi connectivity index (χ2v) is 8.90. The smallest absolute Gasteiger partial charge is 0.250 e. The summed E-state index contributed by atoms with van der Waals surface area (Å²) in [5.41, 5.74) is 0.0898. The molecule has 0 aromatic heterocycles. The van der Waals surface area contributed by atoms with Crippen LogP contribution in [0.15, 0.2) is 36.4 Å². The number of halogens is 1. The topological polar surface area (TPSA) is 88.7 Å². The molecule has 32 heavy (non-hydrogen) atoms. The molecule has 0 saturated carbocycles. The van der Waals surface area contributed by atoms with Crippen LogP contribution in [0.3, 0.4) is 0 Å². The van der Waals surface area contributed by atoms with Crippen LogP contribution in [0.4, 0.5) is 15.8 Å². The van der Waals surface area contributed by atoms with Crippen molar-refractivity contribution in [3.63, 3.8) is 0 Å². The van der Waals surface area contributed by atoms with Crippen molar-refractivity contribution in [1.29, 1.82) is 0 Å². The molecule has 1 saturated heterocycles. The van der Waals surface area contributed by atoms with Gasteiger partial charge in [-0.1, -0.05) is 0 Å². The van der Waals surface area contributed by atoms with Crippen molar-refractivity contribution >= 4 is 35.0 Å². The molecule has 2 aromatic carbocycles. The Bertz CT molecular complexity index is 1050. The lowest BCUT2D eigenvalue weighted by Gasteiger charge is -2.29. The summed E-state index contributed by atoms with van der Waals surface area (Å²) in [6.45, 7) is 0. The zero-order valence-electron chi connectivity index (χ0n) is 18.2. The summed E-state index contributed by atoms with van der Waals surface area (Å²) in [4.78, 5) is 26.8. The molecule has 2 heterocycles. The van der Waals surface area contributed by atoms with Crippen molar-refractivity contribution in [2.45, 2.75) is 24.4 Å². The van der Waals surface area contributed by atoms with Crippen molar-refractivity contribution in [2.75, 3.05) is 36.9 Å². The van der Waals surface area contributed by atoms with Gasteiger partial charge in [0.25, 0.3) is 0 Å². The lowest BCUT2D eigenvalue weighted by molar-refractivity contribution is -0.130. The molecule has 0 bridgehead atoms. The minimum Gasteiger partial charge on any atom is -0.497 e. The highest BCUT2D eigenvalue weighted by Gasteiger charge is 2.60. The fraction of sp³-hybridized carbons (Fsp3) is 0.391. The van der Waals surface area contributed by atoms with E-state index in [9.17, 15) is 14.0 Å². The van der Waals surface area contributed by atoms with Crippen LogP contribution in [-0.4, -0.2) is 44.1 Å². The number of benzene rings is 2. The second-order valence-electron chi connectivity index (χ2n) is 7.92. The van der Waals surface area contributed by atoms with E-state index in [1.54, 1.807) is 30.0 Å². The molecule has 0 aliphatic carbocycles. The average molecular weight is 460 g/mol. The van der Waals surface area contributed by atoms with E-state index in [1.807, 2.05) is 6.26 Å². The Hall–Kier alpha value is -2.78. The van der Waals surface area contributed by atoms with Crippen molar-refractivity contribution in [3.8, 4) is 11.5 Å². The molecule has 3 N–H and O–H groups in total. The lowest BCUT2D eigenvalue weighted by Crippen LogP contribution is -2.52. The maximum atomic E-state index is 14.2. The summed E-state index contributed by atoms with van der Waals surface area (Å²) in [7, 11) is 3.05. The Kier molecular flexibility index (Phi) is 6.30. The molecular formula is C23H26FN3O4S. The minimum atomic E-state index is -1.34. The monoisotopic (exact) mass is 459 g/mol. The van der Waals surface area contributed by atoms with Gasteiger partial charge >= 0.3 is 0 Å². The summed E-state index contributed by atoms with van der Waals surface area (Å²) >= 11 is 1.70. The molecule has 2 aliphatic heterocycles. The predicted octanol–water partition coefficient (Wildman–Crippen LogP) is 3.36. The summed E-state index contributed by atoms with van der Waals surface area (Å²) in [6.07, 6.45) is 3.24. The highest BCUT2D eigenvalue weighted by Crippen LogP contribution is 2.48. The molecule has 1 spiro atoms. The van der Waals surface area contributed by atoms with Crippen molar-refractivity contribution in [2.24, 2.45) is 5.92 Å². The first-order valence-corrected chi connectivity index (χ1v) is 11.7. The van der Waals surface area contributed by atoms with E-state index in [4.69, 9.17) is 9.47 Å². The molecule has 2 aromatic rings. The van der Waals surface area contributed by atoms with Gasteiger partial charge in [-0.25, -0.2) is 4.39 Å². The van der Waals surface area contributed by atoms with Gasteiger partial charge in [-0.05, 0) is 55.2 Å². The van der Waals surface area contributed by atoms with E-state index in [0.29, 0.717) is 34.9 Å². The predicted molar refractivity (Wildman–Crippen MR) is 123 cm³/mol. The van der Waals surface area contributed by atoms with Crippen molar-refractivity contribution < 1.29 is 23.5 Å². The average Bonchev–Trinajstić information content (AvgIpc) is 3.31. The summed E-state index contributed by atoms with van der Waals surface area (Å²) in [5, 5.41) is 9.13. The molecule has 170 valence electrons. The number of hydrogen-bond donors (Lipinski definition) is 3. The highest BCUT2D eigenvalue weighted by atomic mass is 32.2. The third-order valence-electron chi connectivity index (χ3n) is 6.14. The standard InChI is InChI=1S/C23H26FN3O4S/c1-30-15-5-7-20(31-2)19(12-15)25-21(28)17-11-14(8-9-32-3)27-23(17)16-10-13(24)4-6-18(16)26-22(23)29/h4-7,10,12,14,17,27H,8-9,11H2,1-3H3,(H,25,28)(H,26,29)/t14-,17-,23+/m1/s1. The number of ether oxygens (including phenoxy) is 2. The number of hydrogen-bond acceptors (Lipinski definition) is 6. The van der Waals surface area contributed by atoms with Gasteiger partial charge in [-0.15, -0.1) is 0 Å². The first kappa shape index (κ1) is 22.4. The first-order valence-electron chi connectivity index (χ1n) is 10.3. The number of anilines is 2. The lowest BCUT2D eigenvalue weighted by atomic mass is 9.79. The molecule has 0 radical (unpaired) electrons. The molecule has 0 unspecified atom stereocenters. The van der Waals surface area contributed by atoms with E-state index in [2.05, 4.69) is 16.0 Å².